The normalized spacial score (nSPS) is 14.3. The third kappa shape index (κ3) is 5.08. The van der Waals surface area contributed by atoms with E-state index in [-0.39, 0.29) is 6.17 Å². The van der Waals surface area contributed by atoms with Gasteiger partial charge in [-0.1, -0.05) is 140 Å². The van der Waals surface area contributed by atoms with Crippen molar-refractivity contribution in [1.29, 1.82) is 0 Å². The first-order chi connectivity index (χ1) is 25.8. The monoisotopic (exact) mass is 669 g/mol. The van der Waals surface area contributed by atoms with Crippen LogP contribution in [0.1, 0.15) is 22.9 Å². The summed E-state index contributed by atoms with van der Waals surface area (Å²) in [4.78, 5) is 15.2. The Morgan fingerprint density at radius 3 is 1.94 bits per heavy atom. The molecular formula is C46H31N5O. The van der Waals surface area contributed by atoms with Crippen LogP contribution in [0.25, 0.3) is 61.2 Å². The van der Waals surface area contributed by atoms with Crippen LogP contribution in [0.5, 0.6) is 0 Å². The summed E-state index contributed by atoms with van der Waals surface area (Å²) in [6.07, 6.45) is -0.273. The molecule has 6 nitrogen and oxygen atoms in total. The molecule has 6 heteroatoms. The first-order valence-corrected chi connectivity index (χ1v) is 17.4. The highest BCUT2D eigenvalue weighted by molar-refractivity contribution is 6.15. The summed E-state index contributed by atoms with van der Waals surface area (Å²) in [6, 6.07) is 60.3. The highest BCUT2D eigenvalue weighted by atomic mass is 16.3. The van der Waals surface area contributed by atoms with Gasteiger partial charge in [0, 0.05) is 33.2 Å². The van der Waals surface area contributed by atoms with E-state index in [1.807, 2.05) is 48.5 Å². The van der Waals surface area contributed by atoms with Crippen LogP contribution in [0.3, 0.4) is 0 Å². The predicted molar refractivity (Wildman–Crippen MR) is 211 cm³/mol. The highest BCUT2D eigenvalue weighted by Crippen LogP contribution is 2.41. The Labute approximate surface area is 300 Å². The van der Waals surface area contributed by atoms with Crippen molar-refractivity contribution in [3.63, 3.8) is 0 Å². The van der Waals surface area contributed by atoms with Gasteiger partial charge >= 0.3 is 0 Å². The van der Waals surface area contributed by atoms with Gasteiger partial charge in [-0.15, -0.1) is 0 Å². The molecule has 0 spiro atoms. The molecular weight excluding hydrogens is 639 g/mol. The summed E-state index contributed by atoms with van der Waals surface area (Å²) in [5.41, 5.74) is 10.6. The van der Waals surface area contributed by atoms with Gasteiger partial charge < -0.3 is 9.73 Å². The van der Waals surface area contributed by atoms with Gasteiger partial charge in [-0.2, -0.15) is 0 Å². The second-order valence-electron chi connectivity index (χ2n) is 12.9. The average molecular weight is 670 g/mol. The molecule has 52 heavy (non-hydrogen) atoms. The van der Waals surface area contributed by atoms with Gasteiger partial charge in [-0.25, -0.2) is 15.0 Å². The predicted octanol–water partition coefficient (Wildman–Crippen LogP) is 10.8. The number of benzene rings is 7. The van der Waals surface area contributed by atoms with E-state index < -0.39 is 0 Å². The lowest BCUT2D eigenvalue weighted by Crippen LogP contribution is -2.33. The Morgan fingerprint density at radius 2 is 1.15 bits per heavy atom. The number of imidazole rings is 1. The van der Waals surface area contributed by atoms with Crippen LogP contribution in [-0.4, -0.2) is 21.2 Å². The third-order valence-corrected chi connectivity index (χ3v) is 9.68. The lowest BCUT2D eigenvalue weighted by Gasteiger charge is -2.24. The smallest absolute Gasteiger partial charge is 0.159 e. The van der Waals surface area contributed by atoms with Crippen LogP contribution in [0.2, 0.25) is 0 Å². The zero-order valence-corrected chi connectivity index (χ0v) is 28.0. The number of nitrogens with zero attached hydrogens (tertiary/aromatic N) is 4. The summed E-state index contributed by atoms with van der Waals surface area (Å²) in [6.45, 7) is 0. The Bertz CT molecular complexity index is 2820. The van der Waals surface area contributed by atoms with E-state index in [1.54, 1.807) is 0 Å². The molecule has 2 aromatic heterocycles. The number of nitrogens with one attached hydrogen (secondary N) is 1. The van der Waals surface area contributed by atoms with Crippen molar-refractivity contribution in [2.45, 2.75) is 6.17 Å². The maximum Gasteiger partial charge on any atom is 0.159 e. The number of para-hydroxylation sites is 5. The molecule has 10 rings (SSSR count). The minimum atomic E-state index is -0.273. The lowest BCUT2D eigenvalue weighted by molar-refractivity contribution is 0.670. The number of amidine groups is 2. The minimum Gasteiger partial charge on any atom is -0.455 e. The van der Waals surface area contributed by atoms with E-state index in [2.05, 4.69) is 137 Å². The fourth-order valence-corrected chi connectivity index (χ4v) is 7.22. The summed E-state index contributed by atoms with van der Waals surface area (Å²) >= 11 is 0. The van der Waals surface area contributed by atoms with Crippen molar-refractivity contribution in [1.82, 2.24) is 14.9 Å². The third-order valence-electron chi connectivity index (χ3n) is 9.68. The van der Waals surface area contributed by atoms with E-state index >= 15 is 0 Å². The Kier molecular flexibility index (Phi) is 7.10. The molecule has 3 heterocycles. The van der Waals surface area contributed by atoms with Crippen molar-refractivity contribution < 1.29 is 4.42 Å². The van der Waals surface area contributed by atoms with Gasteiger partial charge in [0.2, 0.25) is 0 Å². The zero-order valence-electron chi connectivity index (χ0n) is 28.0. The number of hydrogen-bond donors (Lipinski definition) is 1. The van der Waals surface area contributed by atoms with Crippen LogP contribution in [-0.2, 0) is 0 Å². The van der Waals surface area contributed by atoms with Gasteiger partial charge in [-0.05, 0) is 47.5 Å². The van der Waals surface area contributed by atoms with Crippen molar-refractivity contribution >= 4 is 44.6 Å². The first kappa shape index (κ1) is 29.8. The summed E-state index contributed by atoms with van der Waals surface area (Å²) in [7, 11) is 0. The average Bonchev–Trinajstić information content (AvgIpc) is 3.81. The van der Waals surface area contributed by atoms with Gasteiger partial charge in [-0.3, -0.25) is 4.57 Å². The standard InChI is InChI=1S/C46H31N5O/c1-4-15-30(16-5-1)43-48-44(31-17-6-2-7-18-31)50-45(49-43)33-20-12-19-32(29-33)35-23-13-24-36-37-25-14-26-38(42(37)52-41(35)36)46-47-39-27-10-11-28-40(39)51(46)34-21-8-3-9-22-34/h1-29,43H,(H,48,49,50). The molecule has 0 fully saturated rings. The molecule has 1 aliphatic rings. The molecule has 0 saturated heterocycles. The van der Waals surface area contributed by atoms with E-state index in [0.29, 0.717) is 5.84 Å². The number of hydrogen-bond acceptors (Lipinski definition) is 5. The van der Waals surface area contributed by atoms with Crippen molar-refractivity contribution in [3.8, 4) is 28.2 Å². The van der Waals surface area contributed by atoms with Crippen LogP contribution >= 0.6 is 0 Å². The van der Waals surface area contributed by atoms with Gasteiger partial charge in [0.1, 0.15) is 29.0 Å². The van der Waals surface area contributed by atoms with E-state index in [0.717, 1.165) is 83.7 Å². The molecule has 0 aliphatic carbocycles. The Balaban J connectivity index is 1.10. The van der Waals surface area contributed by atoms with Gasteiger partial charge in [0.15, 0.2) is 5.84 Å². The topological polar surface area (TPSA) is 67.7 Å². The van der Waals surface area contributed by atoms with Gasteiger partial charge in [0.25, 0.3) is 0 Å². The fourth-order valence-electron chi connectivity index (χ4n) is 7.22. The fraction of sp³-hybridized carbons (Fsp3) is 0.0217. The Morgan fingerprint density at radius 1 is 0.538 bits per heavy atom. The van der Waals surface area contributed by atoms with Crippen LogP contribution < -0.4 is 5.32 Å². The molecule has 1 atom stereocenters. The van der Waals surface area contributed by atoms with E-state index in [9.17, 15) is 0 Å². The maximum atomic E-state index is 6.93. The molecule has 9 aromatic rings. The number of furan rings is 1. The molecule has 0 saturated carbocycles. The number of rotatable bonds is 6. The number of aliphatic imine (C=N–C) groups is 2. The number of fused-ring (bicyclic) bond motifs is 4. The van der Waals surface area contributed by atoms with Crippen molar-refractivity contribution in [2.75, 3.05) is 0 Å². The minimum absolute atomic E-state index is 0.273. The second kappa shape index (κ2) is 12.4. The maximum absolute atomic E-state index is 6.93. The molecule has 0 amide bonds. The van der Waals surface area contributed by atoms with Crippen molar-refractivity contribution in [3.05, 3.63) is 193 Å². The summed E-state index contributed by atoms with van der Waals surface area (Å²) in [5.74, 6) is 2.30. The quantitative estimate of drug-likeness (QED) is 0.192. The zero-order chi connectivity index (χ0) is 34.4. The molecule has 7 aromatic carbocycles. The summed E-state index contributed by atoms with van der Waals surface area (Å²) < 4.78 is 9.14. The SMILES string of the molecule is c1ccc(C2=NC(c3ccccc3)NC(c3cccc(-c4cccc5c4oc4c(-c6nc7ccccc7n6-c6ccccc6)cccc45)c3)=N2)cc1. The largest absolute Gasteiger partial charge is 0.455 e. The molecule has 1 N–H and O–H groups in total. The Hall–Kier alpha value is -7.05. The van der Waals surface area contributed by atoms with E-state index in [1.165, 1.54) is 0 Å². The van der Waals surface area contributed by atoms with Crippen LogP contribution in [0.15, 0.2) is 190 Å². The molecule has 246 valence electrons. The number of aromatic nitrogens is 2. The van der Waals surface area contributed by atoms with Crippen molar-refractivity contribution in [2.24, 2.45) is 9.98 Å². The van der Waals surface area contributed by atoms with Crippen LogP contribution in [0.4, 0.5) is 0 Å². The van der Waals surface area contributed by atoms with Crippen LogP contribution in [0, 0.1) is 0 Å². The van der Waals surface area contributed by atoms with Gasteiger partial charge in [0.05, 0.1) is 16.6 Å². The summed E-state index contributed by atoms with van der Waals surface area (Å²) in [5, 5.41) is 5.71. The molecule has 0 bridgehead atoms. The molecule has 1 unspecified atom stereocenters. The molecule has 0 radical (unpaired) electrons. The highest BCUT2D eigenvalue weighted by Gasteiger charge is 2.23. The second-order valence-corrected chi connectivity index (χ2v) is 12.9. The first-order valence-electron chi connectivity index (χ1n) is 17.4. The lowest BCUT2D eigenvalue weighted by atomic mass is 9.99. The molecule has 1 aliphatic heterocycles. The van der Waals surface area contributed by atoms with E-state index in [4.69, 9.17) is 19.4 Å².